The number of hydrogen-bond donors (Lipinski definition) is 1. The Bertz CT molecular complexity index is 1910. The average Bonchev–Trinajstić information content (AvgIpc) is 3.91. The van der Waals surface area contributed by atoms with Crippen molar-refractivity contribution in [2.75, 3.05) is 44.4 Å². The van der Waals surface area contributed by atoms with Gasteiger partial charge >= 0.3 is 0 Å². The largest absolute Gasteiger partial charge is 0.368 e. The van der Waals surface area contributed by atoms with E-state index in [2.05, 4.69) is 44.3 Å². The van der Waals surface area contributed by atoms with Crippen LogP contribution in [-0.2, 0) is 20.0 Å². The summed E-state index contributed by atoms with van der Waals surface area (Å²) in [6.45, 7) is 6.38. The van der Waals surface area contributed by atoms with Crippen molar-refractivity contribution in [3.63, 3.8) is 0 Å². The fraction of sp³-hybridized carbons (Fsp3) is 0.344. The van der Waals surface area contributed by atoms with Crippen molar-refractivity contribution in [1.29, 1.82) is 0 Å². The van der Waals surface area contributed by atoms with Crippen molar-refractivity contribution in [2.24, 2.45) is 7.05 Å². The summed E-state index contributed by atoms with van der Waals surface area (Å²) in [6, 6.07) is 9.92. The third-order valence-electron chi connectivity index (χ3n) is 8.45. The predicted octanol–water partition coefficient (Wildman–Crippen LogP) is 14.1. The molecule has 11 nitrogen and oxygen atoms in total. The first-order valence-electron chi connectivity index (χ1n) is 15.9. The minimum absolute atomic E-state index is 0.0335. The summed E-state index contributed by atoms with van der Waals surface area (Å²) >= 11 is 0. The minimum atomic E-state index is -0.333. The van der Waals surface area contributed by atoms with Gasteiger partial charge in [-0.05, 0) is 58.0 Å². The van der Waals surface area contributed by atoms with E-state index < -0.39 is 0 Å². The van der Waals surface area contributed by atoms with Gasteiger partial charge in [-0.25, -0.2) is 9.97 Å². The van der Waals surface area contributed by atoms with E-state index in [9.17, 15) is 10.1 Å². The average molecular weight is 960 g/mol. The lowest BCUT2D eigenvalue weighted by Gasteiger charge is -2.22. The summed E-state index contributed by atoms with van der Waals surface area (Å²) < 4.78 is 164. The standard InChI is InChI=1S/C32H37N9O2.10F2/c1-20-15-28(38(5)14-13-37(3)4)29(41(42)43)16-27(20)35-32-33-17-25(24-18-34-39(6)21(24)2)30(36-32)26-19-40-12-8-10-22-9-7-11-23(26)31(22)40;10*1-2/h7,9,11,15-19H,8,10,12-14H2,1-6H3,(H,33,35,36);;;;;;;;;;. The molecular formula is C32H37F20N9O2. The van der Waals surface area contributed by atoms with Crippen LogP contribution in [0.1, 0.15) is 23.2 Å². The minimum Gasteiger partial charge on any atom is -0.368 e. The molecule has 362 valence electrons. The SMILES string of the molecule is Cc1cc(N(C)CCN(C)C)c([N+](=O)[O-])cc1Nc1ncc(-c2cnn(C)c2C)c(-c2cn3c4c(cccc24)CCC3)n1.FF.FF.FF.FF.FF.FF.FF.FF.FF.FF. The van der Waals surface area contributed by atoms with E-state index in [0.29, 0.717) is 23.9 Å². The Kier molecular flexibility index (Phi) is 41.8. The van der Waals surface area contributed by atoms with Crippen molar-refractivity contribution in [3.05, 3.63) is 75.9 Å². The van der Waals surface area contributed by atoms with Gasteiger partial charge in [-0.2, -0.15) is 5.10 Å². The normalized spacial score (nSPS) is 9.63. The van der Waals surface area contributed by atoms with Crippen molar-refractivity contribution < 1.29 is 96.4 Å². The highest BCUT2D eigenvalue weighted by Crippen LogP contribution is 2.40. The number of anilines is 3. The molecule has 0 saturated carbocycles. The smallest absolute Gasteiger partial charge is 0.294 e. The van der Waals surface area contributed by atoms with Crippen molar-refractivity contribution in [1.82, 2.24) is 29.2 Å². The number of nitrogens with zero attached hydrogens (tertiary/aromatic N) is 8. The molecule has 0 bridgehead atoms. The molecular weight excluding hydrogens is 922 g/mol. The summed E-state index contributed by atoms with van der Waals surface area (Å²) in [7, 11) is 7.78. The summed E-state index contributed by atoms with van der Waals surface area (Å²) in [5, 5.41) is 21.1. The van der Waals surface area contributed by atoms with Crippen LogP contribution in [0.15, 0.2) is 48.9 Å². The number of aromatic nitrogens is 5. The number of halogens is 20. The van der Waals surface area contributed by atoms with E-state index in [1.165, 1.54) is 11.1 Å². The fourth-order valence-corrected chi connectivity index (χ4v) is 5.91. The predicted molar refractivity (Wildman–Crippen MR) is 193 cm³/mol. The highest BCUT2D eigenvalue weighted by molar-refractivity contribution is 6.00. The second-order valence-electron chi connectivity index (χ2n) is 11.6. The first kappa shape index (κ1) is 65.9. The molecule has 2 aromatic carbocycles. The number of nitro groups is 1. The van der Waals surface area contributed by atoms with Crippen LogP contribution in [0.4, 0.5) is 114 Å². The Balaban J connectivity index is -0.000000496. The second kappa shape index (κ2) is 39.9. The van der Waals surface area contributed by atoms with Crippen LogP contribution in [0, 0.1) is 24.0 Å². The molecule has 1 aliphatic heterocycles. The number of nitro benzene ring substituents is 1. The zero-order chi connectivity index (χ0) is 50.4. The third kappa shape index (κ3) is 18.8. The Hall–Kier alpha value is -6.17. The summed E-state index contributed by atoms with van der Waals surface area (Å²) in [4.78, 5) is 25.6. The van der Waals surface area contributed by atoms with E-state index >= 15 is 0 Å². The number of nitrogens with one attached hydrogen (secondary N) is 1. The lowest BCUT2D eigenvalue weighted by molar-refractivity contribution is -0.384. The highest BCUT2D eigenvalue weighted by Gasteiger charge is 2.24. The second-order valence-corrected chi connectivity index (χ2v) is 11.6. The van der Waals surface area contributed by atoms with Gasteiger partial charge in [-0.1, -0.05) is 18.2 Å². The molecule has 1 aliphatic rings. The van der Waals surface area contributed by atoms with Gasteiger partial charge in [0.1, 0.15) is 5.69 Å². The molecule has 0 aliphatic carbocycles. The molecule has 0 atom stereocenters. The van der Waals surface area contributed by atoms with Gasteiger partial charge in [0.15, 0.2) is 0 Å². The molecule has 0 unspecified atom stereocenters. The Morgan fingerprint density at radius 2 is 1.32 bits per heavy atom. The van der Waals surface area contributed by atoms with Gasteiger partial charge in [-0.3, -0.25) is 14.8 Å². The third-order valence-corrected chi connectivity index (χ3v) is 8.45. The Morgan fingerprint density at radius 3 is 1.81 bits per heavy atom. The van der Waals surface area contributed by atoms with Gasteiger partial charge in [0.25, 0.3) is 5.69 Å². The summed E-state index contributed by atoms with van der Waals surface area (Å²) in [6.07, 6.45) is 8.04. The first-order chi connectivity index (χ1) is 30.6. The molecule has 31 heteroatoms. The van der Waals surface area contributed by atoms with Gasteiger partial charge < -0.3 is 19.7 Å². The lowest BCUT2D eigenvalue weighted by atomic mass is 9.98. The molecule has 0 fully saturated rings. The van der Waals surface area contributed by atoms with Gasteiger partial charge in [0.05, 0.1) is 28.0 Å². The Labute approximate surface area is 342 Å². The van der Waals surface area contributed by atoms with E-state index in [-0.39, 0.29) is 10.6 Å². The molecule has 0 saturated heterocycles. The molecule has 3 aromatic heterocycles. The molecule has 4 heterocycles. The van der Waals surface area contributed by atoms with E-state index in [0.717, 1.165) is 65.0 Å². The molecule has 0 spiro atoms. The van der Waals surface area contributed by atoms with Crippen LogP contribution in [0.5, 0.6) is 0 Å². The quantitative estimate of drug-likeness (QED) is 0.0884. The highest BCUT2D eigenvalue weighted by atomic mass is 20.0. The van der Waals surface area contributed by atoms with Gasteiger partial charge in [0.2, 0.25) is 5.95 Å². The molecule has 5 aromatic rings. The number of likely N-dealkylation sites (N-methyl/N-ethyl adjacent to an activating group) is 2. The topological polar surface area (TPSA) is 110 Å². The van der Waals surface area contributed by atoms with Crippen LogP contribution in [0.3, 0.4) is 0 Å². The van der Waals surface area contributed by atoms with Gasteiger partial charge in [-0.15, -0.1) is 0 Å². The first-order valence-corrected chi connectivity index (χ1v) is 15.9. The van der Waals surface area contributed by atoms with Crippen molar-refractivity contribution in [3.8, 4) is 22.4 Å². The van der Waals surface area contributed by atoms with Gasteiger partial charge in [0, 0.05) is 171 Å². The van der Waals surface area contributed by atoms with Crippen molar-refractivity contribution >= 4 is 33.9 Å². The maximum Gasteiger partial charge on any atom is 0.294 e. The molecule has 1 N–H and O–H groups in total. The number of aryl methyl sites for hydroxylation is 4. The van der Waals surface area contributed by atoms with Crippen molar-refractivity contribution in [2.45, 2.75) is 33.2 Å². The van der Waals surface area contributed by atoms with E-state index in [4.69, 9.17) is 101 Å². The summed E-state index contributed by atoms with van der Waals surface area (Å²) in [5.74, 6) is 0.373. The maximum absolute atomic E-state index is 12.1. The van der Waals surface area contributed by atoms with Crippen LogP contribution >= 0.6 is 0 Å². The lowest BCUT2D eigenvalue weighted by Crippen LogP contribution is -2.29. The van der Waals surface area contributed by atoms with Crippen LogP contribution < -0.4 is 10.2 Å². The molecule has 0 amide bonds. The monoisotopic (exact) mass is 959 g/mol. The number of hydrogen-bond acceptors (Lipinski definition) is 8. The molecule has 63 heavy (non-hydrogen) atoms. The number of rotatable bonds is 9. The fourth-order valence-electron chi connectivity index (χ4n) is 5.91. The number of para-hydroxylation sites is 1. The Morgan fingerprint density at radius 1 is 0.762 bits per heavy atom. The molecule has 0 radical (unpaired) electrons. The van der Waals surface area contributed by atoms with Crippen LogP contribution in [0.2, 0.25) is 0 Å². The number of benzene rings is 2. The molecule has 6 rings (SSSR count). The zero-order valence-corrected chi connectivity index (χ0v) is 33.1. The zero-order valence-electron chi connectivity index (χ0n) is 33.1. The van der Waals surface area contributed by atoms with E-state index in [1.54, 1.807) is 6.07 Å². The van der Waals surface area contributed by atoms with Crippen LogP contribution in [-0.4, -0.2) is 68.4 Å². The maximum atomic E-state index is 12.1. The summed E-state index contributed by atoms with van der Waals surface area (Å²) in [5.41, 5.74) is 9.36. The van der Waals surface area contributed by atoms with E-state index in [1.807, 2.05) is 70.1 Å². The van der Waals surface area contributed by atoms with Crippen LogP contribution in [0.25, 0.3) is 33.3 Å².